The van der Waals surface area contributed by atoms with Crippen LogP contribution in [0.3, 0.4) is 0 Å². The van der Waals surface area contributed by atoms with E-state index in [-0.39, 0.29) is 4.90 Å². The normalized spacial score (nSPS) is 13.0. The Bertz CT molecular complexity index is 710. The predicted octanol–water partition coefficient (Wildman–Crippen LogP) is 0.818. The van der Waals surface area contributed by atoms with Gasteiger partial charge in [0.2, 0.25) is 5.82 Å². The third kappa shape index (κ3) is 3.42. The lowest BCUT2D eigenvalue weighted by molar-refractivity contribution is 0.483. The van der Waals surface area contributed by atoms with Gasteiger partial charge in [0, 0.05) is 13.1 Å². The minimum absolute atomic E-state index is 0.0741. The van der Waals surface area contributed by atoms with Crippen LogP contribution >= 0.6 is 0 Å². The SMILES string of the molecule is N#Cc1nc2c([nH]1)CNC2.O=S(=O)(O)c1ccccc1. The van der Waals surface area contributed by atoms with E-state index in [4.69, 9.17) is 9.81 Å². The van der Waals surface area contributed by atoms with Crippen molar-refractivity contribution < 1.29 is 13.0 Å². The van der Waals surface area contributed by atoms with Crippen molar-refractivity contribution in [1.29, 1.82) is 5.26 Å². The molecule has 0 spiro atoms. The Balaban J connectivity index is 0.000000147. The first kappa shape index (κ1) is 14.2. The first-order valence-electron chi connectivity index (χ1n) is 5.72. The topological polar surface area (TPSA) is 119 Å². The Morgan fingerprint density at radius 3 is 2.45 bits per heavy atom. The number of nitriles is 1. The van der Waals surface area contributed by atoms with Crippen LogP contribution in [-0.2, 0) is 23.2 Å². The Morgan fingerprint density at radius 1 is 1.25 bits per heavy atom. The molecule has 0 saturated heterocycles. The van der Waals surface area contributed by atoms with E-state index in [1.807, 2.05) is 6.07 Å². The summed E-state index contributed by atoms with van der Waals surface area (Å²) in [5, 5.41) is 11.5. The van der Waals surface area contributed by atoms with Gasteiger partial charge >= 0.3 is 0 Å². The van der Waals surface area contributed by atoms with Crippen molar-refractivity contribution in [2.45, 2.75) is 18.0 Å². The Labute approximate surface area is 116 Å². The summed E-state index contributed by atoms with van der Waals surface area (Å²) < 4.78 is 29.2. The average Bonchev–Trinajstić information content (AvgIpc) is 3.00. The number of hydrogen-bond donors (Lipinski definition) is 3. The molecule has 0 unspecified atom stereocenters. The maximum absolute atomic E-state index is 10.4. The van der Waals surface area contributed by atoms with Crippen LogP contribution in [0, 0.1) is 11.3 Å². The molecule has 104 valence electrons. The van der Waals surface area contributed by atoms with Crippen LogP contribution < -0.4 is 5.32 Å². The molecule has 3 N–H and O–H groups in total. The van der Waals surface area contributed by atoms with E-state index < -0.39 is 10.1 Å². The molecule has 0 fully saturated rings. The van der Waals surface area contributed by atoms with E-state index in [0.717, 1.165) is 24.5 Å². The number of nitrogens with zero attached hydrogens (tertiary/aromatic N) is 2. The Morgan fingerprint density at radius 2 is 1.95 bits per heavy atom. The highest BCUT2D eigenvalue weighted by atomic mass is 32.2. The smallest absolute Gasteiger partial charge is 0.294 e. The molecule has 1 aliphatic heterocycles. The van der Waals surface area contributed by atoms with E-state index >= 15 is 0 Å². The Kier molecular flexibility index (Phi) is 4.14. The number of hydrogen-bond acceptors (Lipinski definition) is 5. The highest BCUT2D eigenvalue weighted by molar-refractivity contribution is 7.85. The van der Waals surface area contributed by atoms with Crippen LogP contribution in [0.2, 0.25) is 0 Å². The second-order valence-electron chi connectivity index (χ2n) is 4.01. The van der Waals surface area contributed by atoms with Gasteiger partial charge in [-0.15, -0.1) is 0 Å². The van der Waals surface area contributed by atoms with E-state index in [2.05, 4.69) is 15.3 Å². The molecule has 0 aliphatic carbocycles. The zero-order valence-corrected chi connectivity index (χ0v) is 11.2. The fraction of sp³-hybridized carbons (Fsp3) is 0.167. The van der Waals surface area contributed by atoms with Crippen molar-refractivity contribution in [2.75, 3.05) is 0 Å². The molecular weight excluding hydrogens is 280 g/mol. The van der Waals surface area contributed by atoms with Crippen LogP contribution in [0.15, 0.2) is 35.2 Å². The van der Waals surface area contributed by atoms with Gasteiger partial charge < -0.3 is 10.3 Å². The van der Waals surface area contributed by atoms with Crippen molar-refractivity contribution >= 4 is 10.1 Å². The van der Waals surface area contributed by atoms with Crippen molar-refractivity contribution in [2.24, 2.45) is 0 Å². The number of aromatic amines is 1. The number of rotatable bonds is 1. The largest absolute Gasteiger partial charge is 0.332 e. The highest BCUT2D eigenvalue weighted by Crippen LogP contribution is 2.10. The van der Waals surface area contributed by atoms with Crippen LogP contribution in [0.1, 0.15) is 17.2 Å². The summed E-state index contributed by atoms with van der Waals surface area (Å²) in [5.74, 6) is 0.423. The van der Waals surface area contributed by atoms with Gasteiger partial charge in [-0.25, -0.2) is 4.98 Å². The van der Waals surface area contributed by atoms with E-state index in [1.54, 1.807) is 18.2 Å². The molecule has 20 heavy (non-hydrogen) atoms. The number of benzene rings is 1. The van der Waals surface area contributed by atoms with E-state index in [0.29, 0.717) is 5.82 Å². The molecule has 1 aromatic heterocycles. The summed E-state index contributed by atoms with van der Waals surface area (Å²) >= 11 is 0. The summed E-state index contributed by atoms with van der Waals surface area (Å²) in [6.45, 7) is 1.59. The summed E-state index contributed by atoms with van der Waals surface area (Å²) in [7, 11) is -4.00. The van der Waals surface area contributed by atoms with Gasteiger partial charge in [-0.1, -0.05) is 18.2 Å². The molecule has 2 heterocycles. The van der Waals surface area contributed by atoms with Crippen molar-refractivity contribution in [3.8, 4) is 6.07 Å². The van der Waals surface area contributed by atoms with E-state index in [1.165, 1.54) is 12.1 Å². The molecule has 2 aromatic rings. The second kappa shape index (κ2) is 5.83. The van der Waals surface area contributed by atoms with Crippen LogP contribution in [-0.4, -0.2) is 22.9 Å². The molecule has 1 aliphatic rings. The maximum Gasteiger partial charge on any atom is 0.294 e. The zero-order valence-electron chi connectivity index (χ0n) is 10.4. The molecule has 0 atom stereocenters. The van der Waals surface area contributed by atoms with Gasteiger partial charge in [0.05, 0.1) is 16.3 Å². The lowest BCUT2D eigenvalue weighted by atomic mass is 10.4. The molecule has 8 heteroatoms. The van der Waals surface area contributed by atoms with Gasteiger partial charge in [0.15, 0.2) is 0 Å². The fourth-order valence-corrected chi connectivity index (χ4v) is 2.19. The summed E-state index contributed by atoms with van der Waals surface area (Å²) in [5.41, 5.74) is 2.04. The summed E-state index contributed by atoms with van der Waals surface area (Å²) in [6.07, 6.45) is 0. The molecule has 1 aromatic carbocycles. The maximum atomic E-state index is 10.4. The monoisotopic (exact) mass is 292 g/mol. The lowest BCUT2D eigenvalue weighted by Gasteiger charge is -1.92. The quantitative estimate of drug-likeness (QED) is 0.669. The van der Waals surface area contributed by atoms with Gasteiger partial charge in [-0.3, -0.25) is 4.55 Å². The molecule has 0 radical (unpaired) electrons. The van der Waals surface area contributed by atoms with Gasteiger partial charge in [0.1, 0.15) is 6.07 Å². The minimum Gasteiger partial charge on any atom is -0.332 e. The molecule has 3 rings (SSSR count). The van der Waals surface area contributed by atoms with Crippen molar-refractivity contribution in [1.82, 2.24) is 15.3 Å². The first-order chi connectivity index (χ1) is 9.50. The van der Waals surface area contributed by atoms with Gasteiger partial charge in [-0.2, -0.15) is 13.7 Å². The molecule has 0 bridgehead atoms. The first-order valence-corrected chi connectivity index (χ1v) is 7.16. The number of aromatic nitrogens is 2. The lowest BCUT2D eigenvalue weighted by Crippen LogP contribution is -2.02. The van der Waals surface area contributed by atoms with Crippen molar-refractivity contribution in [3.05, 3.63) is 47.5 Å². The number of imidazole rings is 1. The molecule has 0 saturated carbocycles. The van der Waals surface area contributed by atoms with Gasteiger partial charge in [0.25, 0.3) is 10.1 Å². The van der Waals surface area contributed by atoms with Crippen LogP contribution in [0.5, 0.6) is 0 Å². The average molecular weight is 292 g/mol. The minimum atomic E-state index is -4.00. The predicted molar refractivity (Wildman–Crippen MR) is 70.1 cm³/mol. The third-order valence-corrected chi connectivity index (χ3v) is 3.47. The third-order valence-electron chi connectivity index (χ3n) is 2.61. The fourth-order valence-electron chi connectivity index (χ4n) is 1.69. The number of fused-ring (bicyclic) bond motifs is 1. The standard InChI is InChI=1S/C6H6N4.C6H6O3S/c7-1-6-9-4-2-8-3-5(4)10-6;7-10(8,9)6-4-2-1-3-5-6/h8H,2-3H2,(H,9,10);1-5H,(H,7,8,9). The number of H-pyrrole nitrogens is 1. The molecular formula is C12H12N4O3S. The Hall–Kier alpha value is -2.21. The highest BCUT2D eigenvalue weighted by Gasteiger charge is 2.14. The van der Waals surface area contributed by atoms with Crippen LogP contribution in [0.25, 0.3) is 0 Å². The van der Waals surface area contributed by atoms with E-state index in [9.17, 15) is 8.42 Å². The zero-order chi connectivity index (χ0) is 14.6. The van der Waals surface area contributed by atoms with Crippen LogP contribution in [0.4, 0.5) is 0 Å². The summed E-state index contributed by atoms with van der Waals surface area (Å²) in [6, 6.07) is 9.38. The van der Waals surface area contributed by atoms with Crippen molar-refractivity contribution in [3.63, 3.8) is 0 Å². The van der Waals surface area contributed by atoms with Gasteiger partial charge in [-0.05, 0) is 12.1 Å². The molecule has 0 amide bonds. The molecule has 7 nitrogen and oxygen atoms in total. The second-order valence-corrected chi connectivity index (χ2v) is 5.44. The summed E-state index contributed by atoms with van der Waals surface area (Å²) in [4.78, 5) is 6.86. The number of nitrogens with one attached hydrogen (secondary N) is 2.